The minimum Gasteiger partial charge on any atom is -1.00 e. The van der Waals surface area contributed by atoms with E-state index in [1.54, 1.807) is 35.6 Å². The molecule has 0 saturated heterocycles. The second kappa shape index (κ2) is 7.85. The lowest BCUT2D eigenvalue weighted by molar-refractivity contribution is -0.665. The van der Waals surface area contributed by atoms with E-state index >= 15 is 0 Å². The van der Waals surface area contributed by atoms with Gasteiger partial charge in [0.05, 0.1) is 4.92 Å². The van der Waals surface area contributed by atoms with Gasteiger partial charge in [0.1, 0.15) is 11.2 Å². The fraction of sp³-hybridized carbons (Fsp3) is 0.167. The Hall–Kier alpha value is -1.80. The maximum absolute atomic E-state index is 10.7. The molecule has 0 aliphatic rings. The molecule has 0 saturated carbocycles. The maximum atomic E-state index is 10.7. The number of non-ortho nitro benzene ring substituents is 1. The van der Waals surface area contributed by atoms with Crippen molar-refractivity contribution in [2.24, 2.45) is 0 Å². The summed E-state index contributed by atoms with van der Waals surface area (Å²) in [5.74, 6) is 0. The number of para-hydroxylation sites is 1. The summed E-state index contributed by atoms with van der Waals surface area (Å²) in [6.45, 7) is 5.08. The summed E-state index contributed by atoms with van der Waals surface area (Å²) in [6, 6.07) is 15.1. The molecule has 1 heterocycles. The Kier molecular flexibility index (Phi) is 6.06. The van der Waals surface area contributed by atoms with Crippen molar-refractivity contribution in [1.29, 1.82) is 0 Å². The molecule has 6 heteroatoms. The van der Waals surface area contributed by atoms with Gasteiger partial charge in [-0.2, -0.15) is 4.57 Å². The summed E-state index contributed by atoms with van der Waals surface area (Å²) in [5.41, 5.74) is 3.44. The molecular weight excluding hydrogens is 435 g/mol. The van der Waals surface area contributed by atoms with Crippen LogP contribution in [0.5, 0.6) is 0 Å². The summed E-state index contributed by atoms with van der Waals surface area (Å²) in [7, 11) is 0. The number of aromatic nitrogens is 1. The number of nitro groups is 1. The van der Waals surface area contributed by atoms with Crippen LogP contribution in [0.1, 0.15) is 24.4 Å². The van der Waals surface area contributed by atoms with E-state index in [0.717, 1.165) is 17.7 Å². The molecule has 0 fully saturated rings. The second-order valence-electron chi connectivity index (χ2n) is 5.28. The van der Waals surface area contributed by atoms with Gasteiger partial charge in [-0.25, -0.2) is 0 Å². The Morgan fingerprint density at radius 3 is 2.50 bits per heavy atom. The number of thiazole rings is 1. The van der Waals surface area contributed by atoms with Crippen LogP contribution in [0.15, 0.2) is 48.5 Å². The third kappa shape index (κ3) is 3.64. The van der Waals surface area contributed by atoms with Crippen LogP contribution >= 0.6 is 11.3 Å². The van der Waals surface area contributed by atoms with Gasteiger partial charge >= 0.3 is 0 Å². The number of rotatable bonds is 4. The minimum absolute atomic E-state index is 0. The van der Waals surface area contributed by atoms with E-state index in [1.807, 2.05) is 6.92 Å². The van der Waals surface area contributed by atoms with Gasteiger partial charge < -0.3 is 24.0 Å². The predicted octanol–water partition coefficient (Wildman–Crippen LogP) is 1.68. The first kappa shape index (κ1) is 18.5. The first-order valence-corrected chi connectivity index (χ1v) is 8.26. The van der Waals surface area contributed by atoms with Gasteiger partial charge in [-0.05, 0) is 43.2 Å². The van der Waals surface area contributed by atoms with Gasteiger partial charge in [-0.1, -0.05) is 23.5 Å². The monoisotopic (exact) mass is 452 g/mol. The normalized spacial score (nSPS) is 11.3. The second-order valence-corrected chi connectivity index (χ2v) is 6.35. The first-order chi connectivity index (χ1) is 11.1. The van der Waals surface area contributed by atoms with Gasteiger partial charge in [-0.3, -0.25) is 10.1 Å². The van der Waals surface area contributed by atoms with Crippen molar-refractivity contribution in [2.45, 2.75) is 20.4 Å². The maximum Gasteiger partial charge on any atom is 0.269 e. The molecule has 24 heavy (non-hydrogen) atoms. The lowest BCUT2D eigenvalue weighted by Crippen LogP contribution is -3.00. The molecule has 0 amide bonds. The van der Waals surface area contributed by atoms with Crippen molar-refractivity contribution in [2.75, 3.05) is 0 Å². The van der Waals surface area contributed by atoms with Gasteiger partial charge in [-0.15, -0.1) is 0 Å². The molecule has 0 N–H and O–H groups in total. The van der Waals surface area contributed by atoms with E-state index in [2.05, 4.69) is 41.8 Å². The van der Waals surface area contributed by atoms with Crippen molar-refractivity contribution in [3.8, 4) is 0 Å². The number of benzene rings is 2. The van der Waals surface area contributed by atoms with Gasteiger partial charge in [0, 0.05) is 24.3 Å². The molecule has 1 aromatic heterocycles. The van der Waals surface area contributed by atoms with Crippen LogP contribution in [0.4, 0.5) is 5.69 Å². The van der Waals surface area contributed by atoms with Crippen molar-refractivity contribution in [3.05, 3.63) is 69.2 Å². The van der Waals surface area contributed by atoms with Gasteiger partial charge in [0.15, 0.2) is 0 Å². The van der Waals surface area contributed by atoms with Crippen molar-refractivity contribution >= 4 is 38.9 Å². The van der Waals surface area contributed by atoms with Gasteiger partial charge in [0.2, 0.25) is 5.52 Å². The number of fused-ring (bicyclic) bond motifs is 1. The molecular formula is C18H17IN2O2S. The molecule has 2 aromatic carbocycles. The Bertz CT molecular complexity index is 901. The molecule has 0 unspecified atom stereocenters. The Morgan fingerprint density at radius 1 is 1.21 bits per heavy atom. The summed E-state index contributed by atoms with van der Waals surface area (Å²) in [5, 5.41) is 11.9. The SMILES string of the molecule is CC[n+]1c(C=C(C)c2ccc([N+](=O)[O-])cc2)sc2ccccc21.[I-]. The Labute approximate surface area is 161 Å². The molecule has 0 aliphatic heterocycles. The number of nitrogens with zero attached hydrogens (tertiary/aromatic N) is 2. The highest BCUT2D eigenvalue weighted by molar-refractivity contribution is 7.18. The van der Waals surface area contributed by atoms with Crippen LogP contribution in [0.25, 0.3) is 21.9 Å². The van der Waals surface area contributed by atoms with E-state index in [1.165, 1.54) is 15.2 Å². The number of hydrogen-bond donors (Lipinski definition) is 0. The summed E-state index contributed by atoms with van der Waals surface area (Å²) in [4.78, 5) is 10.4. The largest absolute Gasteiger partial charge is 1.00 e. The molecule has 0 bridgehead atoms. The van der Waals surface area contributed by atoms with Crippen LogP contribution in [0, 0.1) is 10.1 Å². The zero-order valence-corrected chi connectivity index (χ0v) is 16.4. The number of hydrogen-bond acceptors (Lipinski definition) is 3. The molecule has 3 aromatic rings. The molecule has 124 valence electrons. The van der Waals surface area contributed by atoms with Gasteiger partial charge in [0.25, 0.3) is 10.7 Å². The Morgan fingerprint density at radius 2 is 1.88 bits per heavy atom. The number of aryl methyl sites for hydroxylation is 1. The zero-order valence-electron chi connectivity index (χ0n) is 13.4. The summed E-state index contributed by atoms with van der Waals surface area (Å²) >= 11 is 1.76. The van der Waals surface area contributed by atoms with Crippen LogP contribution in [0.2, 0.25) is 0 Å². The van der Waals surface area contributed by atoms with Crippen LogP contribution in [-0.4, -0.2) is 4.92 Å². The quantitative estimate of drug-likeness (QED) is 0.262. The highest BCUT2D eigenvalue weighted by atomic mass is 127. The fourth-order valence-electron chi connectivity index (χ4n) is 2.60. The molecule has 4 nitrogen and oxygen atoms in total. The van der Waals surface area contributed by atoms with Crippen LogP contribution in [-0.2, 0) is 6.54 Å². The lowest BCUT2D eigenvalue weighted by atomic mass is 10.1. The van der Waals surface area contributed by atoms with Crippen molar-refractivity contribution < 1.29 is 33.5 Å². The standard InChI is InChI=1S/C18H17N2O2S.HI/c1-3-19-16-6-4-5-7-17(16)23-18(19)12-13(2)14-8-10-15(11-9-14)20(21)22;/h4-12H,3H2,1-2H3;1H/q+1;/p-1. The third-order valence-electron chi connectivity index (χ3n) is 3.83. The number of nitro benzene ring substituents is 1. The van der Waals surface area contributed by atoms with E-state index < -0.39 is 0 Å². The smallest absolute Gasteiger partial charge is 0.269 e. The molecule has 0 aliphatic carbocycles. The highest BCUT2D eigenvalue weighted by Gasteiger charge is 2.17. The van der Waals surface area contributed by atoms with Crippen LogP contribution in [0.3, 0.4) is 0 Å². The lowest BCUT2D eigenvalue weighted by Gasteiger charge is -2.00. The van der Waals surface area contributed by atoms with Crippen molar-refractivity contribution in [3.63, 3.8) is 0 Å². The molecule has 0 atom stereocenters. The van der Waals surface area contributed by atoms with E-state index in [-0.39, 0.29) is 34.6 Å². The van der Waals surface area contributed by atoms with E-state index in [4.69, 9.17) is 0 Å². The number of allylic oxidation sites excluding steroid dienone is 1. The minimum atomic E-state index is -0.375. The zero-order chi connectivity index (χ0) is 16.4. The fourth-order valence-corrected chi connectivity index (χ4v) is 3.83. The summed E-state index contributed by atoms with van der Waals surface area (Å²) in [6.07, 6.45) is 2.15. The topological polar surface area (TPSA) is 47.0 Å². The molecule has 0 spiro atoms. The average Bonchev–Trinajstić information content (AvgIpc) is 2.91. The molecule has 3 rings (SSSR count). The average molecular weight is 452 g/mol. The molecule has 0 radical (unpaired) electrons. The third-order valence-corrected chi connectivity index (χ3v) is 4.94. The highest BCUT2D eigenvalue weighted by Crippen LogP contribution is 2.25. The predicted molar refractivity (Wildman–Crippen MR) is 94.3 cm³/mol. The first-order valence-electron chi connectivity index (χ1n) is 7.44. The van der Waals surface area contributed by atoms with E-state index in [0.29, 0.717) is 0 Å². The van der Waals surface area contributed by atoms with Crippen molar-refractivity contribution in [1.82, 2.24) is 0 Å². The van der Waals surface area contributed by atoms with Crippen LogP contribution < -0.4 is 28.5 Å². The number of halogens is 1. The Balaban J connectivity index is 0.00000208. The summed E-state index contributed by atoms with van der Waals surface area (Å²) < 4.78 is 3.55. The van der Waals surface area contributed by atoms with E-state index in [9.17, 15) is 10.1 Å².